The molecule has 1 fully saturated rings. The molecule has 5 heteroatoms. The van der Waals surface area contributed by atoms with Gasteiger partial charge in [0.25, 0.3) is 0 Å². The minimum absolute atomic E-state index is 0.240. The van der Waals surface area contributed by atoms with Gasteiger partial charge in [-0.05, 0) is 36.5 Å². The molecule has 0 saturated heterocycles. The van der Waals surface area contributed by atoms with E-state index < -0.39 is 0 Å². The monoisotopic (exact) mass is 341 g/mol. The molecule has 3 rings (SSSR count). The lowest BCUT2D eigenvalue weighted by atomic mass is 10.2. The van der Waals surface area contributed by atoms with Crippen LogP contribution < -0.4 is 4.74 Å². The highest BCUT2D eigenvalue weighted by molar-refractivity contribution is 5.81. The predicted octanol–water partition coefficient (Wildman–Crippen LogP) is 3.33. The first kappa shape index (κ1) is 17.5. The van der Waals surface area contributed by atoms with Gasteiger partial charge in [0.05, 0.1) is 13.7 Å². The maximum atomic E-state index is 12.6. The Hall–Kier alpha value is -2.30. The molecule has 2 aromatic rings. The summed E-state index contributed by atoms with van der Waals surface area (Å²) in [6, 6.07) is 8.05. The van der Waals surface area contributed by atoms with Crippen LogP contribution in [0.3, 0.4) is 0 Å². The fourth-order valence-corrected chi connectivity index (χ4v) is 3.00. The molecule has 1 heterocycles. The smallest absolute Gasteiger partial charge is 0.226 e. The normalized spacial score (nSPS) is 13.9. The van der Waals surface area contributed by atoms with Crippen LogP contribution in [0.25, 0.3) is 0 Å². The van der Waals surface area contributed by atoms with Gasteiger partial charge in [-0.2, -0.15) is 0 Å². The Labute approximate surface area is 149 Å². The molecule has 1 aromatic carbocycles. The van der Waals surface area contributed by atoms with Crippen LogP contribution in [0.1, 0.15) is 38.1 Å². The molecule has 5 nitrogen and oxygen atoms in total. The summed E-state index contributed by atoms with van der Waals surface area (Å²) in [6.45, 7) is 6.40. The third kappa shape index (κ3) is 4.62. The van der Waals surface area contributed by atoms with Gasteiger partial charge in [0.15, 0.2) is 0 Å². The van der Waals surface area contributed by atoms with E-state index in [-0.39, 0.29) is 11.8 Å². The average Bonchev–Trinajstić information content (AvgIpc) is 3.36. The first-order chi connectivity index (χ1) is 12.1. The van der Waals surface area contributed by atoms with Gasteiger partial charge in [-0.15, -0.1) is 0 Å². The van der Waals surface area contributed by atoms with Crippen molar-refractivity contribution in [1.29, 1.82) is 0 Å². The van der Waals surface area contributed by atoms with E-state index in [1.54, 1.807) is 7.11 Å². The first-order valence-electron chi connectivity index (χ1n) is 8.98. The number of nitrogens with zero attached hydrogens (tertiary/aromatic N) is 3. The van der Waals surface area contributed by atoms with Crippen molar-refractivity contribution in [3.8, 4) is 5.75 Å². The Balaban J connectivity index is 1.71. The number of carbonyl (C=O) groups excluding carboxylic acids is 1. The molecule has 0 bridgehead atoms. The van der Waals surface area contributed by atoms with E-state index in [1.165, 1.54) is 5.56 Å². The minimum atomic E-state index is 0.240. The molecule has 1 amide bonds. The second kappa shape index (κ2) is 7.72. The Morgan fingerprint density at radius 3 is 2.64 bits per heavy atom. The van der Waals surface area contributed by atoms with Gasteiger partial charge >= 0.3 is 0 Å². The van der Waals surface area contributed by atoms with Gasteiger partial charge in [-0.1, -0.05) is 26.0 Å². The van der Waals surface area contributed by atoms with Crippen molar-refractivity contribution in [1.82, 2.24) is 14.5 Å². The second-order valence-corrected chi connectivity index (χ2v) is 7.21. The fourth-order valence-electron chi connectivity index (χ4n) is 3.00. The largest absolute Gasteiger partial charge is 0.497 e. The van der Waals surface area contributed by atoms with Crippen molar-refractivity contribution in [2.75, 3.05) is 13.7 Å². The number of amides is 1. The van der Waals surface area contributed by atoms with E-state index in [0.717, 1.165) is 37.5 Å². The topological polar surface area (TPSA) is 47.4 Å². The maximum Gasteiger partial charge on any atom is 0.226 e. The number of ether oxygens (including phenoxy) is 1. The third-order valence-corrected chi connectivity index (χ3v) is 4.47. The number of hydrogen-bond acceptors (Lipinski definition) is 3. The summed E-state index contributed by atoms with van der Waals surface area (Å²) in [4.78, 5) is 19.1. The van der Waals surface area contributed by atoms with E-state index in [1.807, 2.05) is 29.4 Å². The Morgan fingerprint density at radius 2 is 2.04 bits per heavy atom. The molecule has 1 aliphatic carbocycles. The zero-order valence-corrected chi connectivity index (χ0v) is 15.3. The predicted molar refractivity (Wildman–Crippen MR) is 97.3 cm³/mol. The summed E-state index contributed by atoms with van der Waals surface area (Å²) < 4.78 is 7.33. The summed E-state index contributed by atoms with van der Waals surface area (Å²) in [7, 11) is 1.67. The van der Waals surface area contributed by atoms with Crippen molar-refractivity contribution in [2.45, 2.75) is 39.8 Å². The van der Waals surface area contributed by atoms with Gasteiger partial charge in [0.2, 0.25) is 5.91 Å². The van der Waals surface area contributed by atoms with E-state index in [2.05, 4.69) is 35.5 Å². The van der Waals surface area contributed by atoms with E-state index in [0.29, 0.717) is 12.5 Å². The minimum Gasteiger partial charge on any atom is -0.497 e. The average molecular weight is 341 g/mol. The molecule has 0 radical (unpaired) electrons. The van der Waals surface area contributed by atoms with Crippen LogP contribution in [0.4, 0.5) is 0 Å². The summed E-state index contributed by atoms with van der Waals surface area (Å²) >= 11 is 0. The third-order valence-electron chi connectivity index (χ3n) is 4.47. The van der Waals surface area contributed by atoms with Crippen LogP contribution in [0.15, 0.2) is 36.7 Å². The van der Waals surface area contributed by atoms with Crippen molar-refractivity contribution >= 4 is 5.91 Å². The van der Waals surface area contributed by atoms with E-state index >= 15 is 0 Å². The number of benzene rings is 1. The zero-order chi connectivity index (χ0) is 17.8. The molecule has 0 aliphatic heterocycles. The Bertz CT molecular complexity index is 702. The molecule has 0 N–H and O–H groups in total. The number of rotatable bonds is 8. The Morgan fingerprint density at radius 1 is 1.32 bits per heavy atom. The SMILES string of the molecule is COc1ccc(Cn2ccnc2CN(CC(C)C)C(=O)C2CC2)cc1. The highest BCUT2D eigenvalue weighted by Crippen LogP contribution is 2.31. The first-order valence-corrected chi connectivity index (χ1v) is 8.98. The van der Waals surface area contributed by atoms with Gasteiger partial charge in [-0.3, -0.25) is 4.79 Å². The quantitative estimate of drug-likeness (QED) is 0.740. The van der Waals surface area contributed by atoms with Crippen LogP contribution in [0, 0.1) is 11.8 Å². The lowest BCUT2D eigenvalue weighted by Gasteiger charge is -2.25. The lowest BCUT2D eigenvalue weighted by Crippen LogP contribution is -2.35. The number of carbonyl (C=O) groups is 1. The zero-order valence-electron chi connectivity index (χ0n) is 15.3. The van der Waals surface area contributed by atoms with Crippen LogP contribution >= 0.6 is 0 Å². The number of aromatic nitrogens is 2. The van der Waals surface area contributed by atoms with E-state index in [9.17, 15) is 4.79 Å². The van der Waals surface area contributed by atoms with Crippen LogP contribution in [0.2, 0.25) is 0 Å². The van der Waals surface area contributed by atoms with Gasteiger partial charge in [0.1, 0.15) is 11.6 Å². The van der Waals surface area contributed by atoms with Crippen LogP contribution in [-0.2, 0) is 17.9 Å². The number of hydrogen-bond donors (Lipinski definition) is 0. The van der Waals surface area contributed by atoms with E-state index in [4.69, 9.17) is 4.74 Å². The molecular weight excluding hydrogens is 314 g/mol. The van der Waals surface area contributed by atoms with Crippen LogP contribution in [-0.4, -0.2) is 34.0 Å². The molecule has 0 unspecified atom stereocenters. The van der Waals surface area contributed by atoms with Crippen molar-refractivity contribution in [3.63, 3.8) is 0 Å². The molecule has 134 valence electrons. The summed E-state index contributed by atoms with van der Waals surface area (Å²) in [5, 5.41) is 0. The molecule has 1 saturated carbocycles. The van der Waals surface area contributed by atoms with Gasteiger partial charge in [0, 0.05) is 31.4 Å². The molecule has 1 aromatic heterocycles. The van der Waals surface area contributed by atoms with Crippen molar-refractivity contribution < 1.29 is 9.53 Å². The molecule has 0 spiro atoms. The molecular formula is C20H27N3O2. The molecule has 0 atom stereocenters. The standard InChI is InChI=1S/C20H27N3O2/c1-15(2)12-23(20(24)17-6-7-17)14-19-21-10-11-22(19)13-16-4-8-18(25-3)9-5-16/h4-5,8-11,15,17H,6-7,12-14H2,1-3H3. The van der Waals surface area contributed by atoms with Gasteiger partial charge < -0.3 is 14.2 Å². The fraction of sp³-hybridized carbons (Fsp3) is 0.500. The Kier molecular flexibility index (Phi) is 5.41. The summed E-state index contributed by atoms with van der Waals surface area (Å²) in [5.74, 6) is 2.77. The highest BCUT2D eigenvalue weighted by Gasteiger charge is 2.34. The summed E-state index contributed by atoms with van der Waals surface area (Å²) in [6.07, 6.45) is 5.87. The number of methoxy groups -OCH3 is 1. The molecule has 25 heavy (non-hydrogen) atoms. The van der Waals surface area contributed by atoms with Gasteiger partial charge in [-0.25, -0.2) is 4.98 Å². The van der Waals surface area contributed by atoms with Crippen LogP contribution in [0.5, 0.6) is 5.75 Å². The number of imidazole rings is 1. The van der Waals surface area contributed by atoms with Crippen molar-refractivity contribution in [2.24, 2.45) is 11.8 Å². The maximum absolute atomic E-state index is 12.6. The summed E-state index contributed by atoms with van der Waals surface area (Å²) in [5.41, 5.74) is 1.18. The van der Waals surface area contributed by atoms with Crippen molar-refractivity contribution in [3.05, 3.63) is 48.0 Å². The molecule has 1 aliphatic rings. The highest BCUT2D eigenvalue weighted by atomic mass is 16.5. The second-order valence-electron chi connectivity index (χ2n) is 7.21. The lowest BCUT2D eigenvalue weighted by molar-refractivity contribution is -0.133.